The Labute approximate surface area is 79.8 Å². The molecule has 0 saturated carbocycles. The van der Waals surface area contributed by atoms with Crippen LogP contribution in [0.25, 0.3) is 5.53 Å². The van der Waals surface area contributed by atoms with Crippen molar-refractivity contribution in [2.24, 2.45) is 0 Å². The molecule has 0 N–H and O–H groups in total. The maximum absolute atomic E-state index is 13.0. The number of ether oxygens (including phenoxy) is 1. The topological polar surface area (TPSA) is 62.7 Å². The Hall–Kier alpha value is -1.55. The standard InChI is InChI=1S/C8H10F2N2O2/c1-3-5-8(9,10)6(12-11)7(13)14-4-2/h3H,1,4-5H2,2H3. The van der Waals surface area contributed by atoms with Gasteiger partial charge in [0.2, 0.25) is 0 Å². The molecule has 0 aliphatic rings. The van der Waals surface area contributed by atoms with Gasteiger partial charge in [-0.15, -0.1) is 6.58 Å². The first kappa shape index (κ1) is 12.4. The molecule has 6 heteroatoms. The average molecular weight is 204 g/mol. The molecule has 0 amide bonds. The highest BCUT2D eigenvalue weighted by Crippen LogP contribution is 2.20. The third-order valence-electron chi connectivity index (χ3n) is 1.32. The minimum atomic E-state index is -3.55. The van der Waals surface area contributed by atoms with E-state index in [9.17, 15) is 13.6 Å². The number of allylic oxidation sites excluding steroid dienone is 1. The number of carbonyl (C=O) groups excluding carboxylic acids is 1. The van der Waals surface area contributed by atoms with Gasteiger partial charge in [0.15, 0.2) is 0 Å². The van der Waals surface area contributed by atoms with E-state index in [2.05, 4.69) is 16.1 Å². The fourth-order valence-electron chi connectivity index (χ4n) is 0.741. The smallest absolute Gasteiger partial charge is 0.444 e. The second-order valence-corrected chi connectivity index (χ2v) is 2.37. The van der Waals surface area contributed by atoms with Crippen LogP contribution in [0.3, 0.4) is 0 Å². The molecular weight excluding hydrogens is 194 g/mol. The Kier molecular flexibility index (Phi) is 4.66. The third-order valence-corrected chi connectivity index (χ3v) is 1.32. The largest absolute Gasteiger partial charge is 0.457 e. The maximum atomic E-state index is 13.0. The molecular formula is C8H10F2N2O2. The van der Waals surface area contributed by atoms with Crippen molar-refractivity contribution in [1.29, 1.82) is 0 Å². The van der Waals surface area contributed by atoms with Crippen molar-refractivity contribution in [2.45, 2.75) is 19.3 Å². The molecule has 0 radical (unpaired) electrons. The number of hydrogen-bond acceptors (Lipinski definition) is 2. The molecule has 0 saturated heterocycles. The quantitative estimate of drug-likeness (QED) is 0.223. The zero-order valence-electron chi connectivity index (χ0n) is 7.67. The highest BCUT2D eigenvalue weighted by atomic mass is 19.3. The van der Waals surface area contributed by atoms with Crippen LogP contribution in [-0.2, 0) is 9.53 Å². The van der Waals surface area contributed by atoms with Crippen LogP contribution in [0.4, 0.5) is 8.78 Å². The lowest BCUT2D eigenvalue weighted by Crippen LogP contribution is -2.37. The van der Waals surface area contributed by atoms with Gasteiger partial charge < -0.3 is 10.3 Å². The van der Waals surface area contributed by atoms with Gasteiger partial charge in [-0.3, -0.25) is 0 Å². The van der Waals surface area contributed by atoms with Gasteiger partial charge in [-0.25, -0.2) is 4.79 Å². The van der Waals surface area contributed by atoms with Gasteiger partial charge in [-0.05, 0) is 6.92 Å². The highest BCUT2D eigenvalue weighted by Gasteiger charge is 2.48. The first-order chi connectivity index (χ1) is 6.49. The van der Waals surface area contributed by atoms with Gasteiger partial charge in [0.25, 0.3) is 0 Å². The number of carbonyl (C=O) groups is 1. The molecule has 78 valence electrons. The second-order valence-electron chi connectivity index (χ2n) is 2.37. The molecule has 4 nitrogen and oxygen atoms in total. The second kappa shape index (κ2) is 5.24. The van der Waals surface area contributed by atoms with Crippen LogP contribution in [0.1, 0.15) is 13.3 Å². The molecule has 0 aromatic carbocycles. The van der Waals surface area contributed by atoms with E-state index in [0.717, 1.165) is 6.08 Å². The molecule has 0 heterocycles. The van der Waals surface area contributed by atoms with Crippen LogP contribution in [0.15, 0.2) is 12.7 Å². The van der Waals surface area contributed by atoms with E-state index in [1.165, 1.54) is 6.92 Å². The highest BCUT2D eigenvalue weighted by molar-refractivity contribution is 6.36. The first-order valence-corrected chi connectivity index (χ1v) is 3.88. The van der Waals surface area contributed by atoms with Gasteiger partial charge >= 0.3 is 17.6 Å². The van der Waals surface area contributed by atoms with Crippen LogP contribution in [-0.4, -0.2) is 29.0 Å². The van der Waals surface area contributed by atoms with E-state index in [-0.39, 0.29) is 6.61 Å². The Morgan fingerprint density at radius 3 is 2.64 bits per heavy atom. The van der Waals surface area contributed by atoms with Crippen molar-refractivity contribution in [3.8, 4) is 0 Å². The summed E-state index contributed by atoms with van der Waals surface area (Å²) >= 11 is 0. The number of nitrogens with zero attached hydrogens (tertiary/aromatic N) is 2. The number of esters is 1. The zero-order valence-corrected chi connectivity index (χ0v) is 7.67. The normalized spacial score (nSPS) is 10.2. The van der Waals surface area contributed by atoms with E-state index >= 15 is 0 Å². The lowest BCUT2D eigenvalue weighted by molar-refractivity contribution is -0.144. The first-order valence-electron chi connectivity index (χ1n) is 3.88. The van der Waals surface area contributed by atoms with Crippen LogP contribution >= 0.6 is 0 Å². The van der Waals surface area contributed by atoms with E-state index in [1.807, 2.05) is 0 Å². The summed E-state index contributed by atoms with van der Waals surface area (Å²) in [7, 11) is 0. The minimum Gasteiger partial charge on any atom is -0.457 e. The summed E-state index contributed by atoms with van der Waals surface area (Å²) in [5.74, 6) is -4.88. The van der Waals surface area contributed by atoms with E-state index in [4.69, 9.17) is 5.53 Å². The number of alkyl halides is 2. The Balaban J connectivity index is 4.82. The molecule has 0 fully saturated rings. The fraction of sp³-hybridized carbons (Fsp3) is 0.500. The van der Waals surface area contributed by atoms with Gasteiger partial charge in [0.1, 0.15) is 0 Å². The lowest BCUT2D eigenvalue weighted by atomic mass is 10.1. The molecule has 0 unspecified atom stereocenters. The lowest BCUT2D eigenvalue weighted by Gasteiger charge is -2.07. The number of hydrogen-bond donors (Lipinski definition) is 0. The van der Waals surface area contributed by atoms with Crippen LogP contribution in [0.5, 0.6) is 0 Å². The van der Waals surface area contributed by atoms with Crippen molar-refractivity contribution >= 4 is 11.7 Å². The Morgan fingerprint density at radius 1 is 1.71 bits per heavy atom. The van der Waals surface area contributed by atoms with Crippen molar-refractivity contribution in [3.05, 3.63) is 18.2 Å². The Morgan fingerprint density at radius 2 is 2.29 bits per heavy atom. The average Bonchev–Trinajstić information content (AvgIpc) is 2.04. The molecule has 0 aromatic rings. The molecule has 0 bridgehead atoms. The van der Waals surface area contributed by atoms with Crippen LogP contribution < -0.4 is 0 Å². The molecule has 0 aliphatic heterocycles. The van der Waals surface area contributed by atoms with E-state index < -0.39 is 24.0 Å². The molecule has 0 atom stereocenters. The summed E-state index contributed by atoms with van der Waals surface area (Å²) in [6.45, 7) is 4.49. The summed E-state index contributed by atoms with van der Waals surface area (Å²) in [5, 5.41) is 0. The number of halogens is 2. The minimum absolute atomic E-state index is 0.0674. The summed E-state index contributed by atoms with van der Waals surface area (Å²) in [5.41, 5.74) is 6.95. The van der Waals surface area contributed by atoms with Crippen molar-refractivity contribution in [1.82, 2.24) is 0 Å². The van der Waals surface area contributed by atoms with Crippen molar-refractivity contribution in [3.63, 3.8) is 0 Å². The summed E-state index contributed by atoms with van der Waals surface area (Å²) < 4.78 is 30.3. The Bertz CT molecular complexity index is 283. The zero-order chi connectivity index (χ0) is 11.2. The van der Waals surface area contributed by atoms with Crippen LogP contribution in [0.2, 0.25) is 0 Å². The summed E-state index contributed by atoms with van der Waals surface area (Å²) in [6.07, 6.45) is 0.135. The fourth-order valence-corrected chi connectivity index (χ4v) is 0.741. The van der Waals surface area contributed by atoms with Gasteiger partial charge in [0, 0.05) is 6.42 Å². The molecule has 0 aromatic heterocycles. The predicted molar refractivity (Wildman–Crippen MR) is 45.0 cm³/mol. The molecule has 0 rings (SSSR count). The van der Waals surface area contributed by atoms with Crippen molar-refractivity contribution in [2.75, 3.05) is 6.61 Å². The molecule has 14 heavy (non-hydrogen) atoms. The van der Waals surface area contributed by atoms with Crippen LogP contribution in [0, 0.1) is 0 Å². The monoisotopic (exact) mass is 204 g/mol. The van der Waals surface area contributed by atoms with Crippen molar-refractivity contribution < 1.29 is 23.1 Å². The van der Waals surface area contributed by atoms with Gasteiger partial charge in [-0.1, -0.05) is 6.08 Å². The van der Waals surface area contributed by atoms with Gasteiger partial charge in [-0.2, -0.15) is 13.6 Å². The van der Waals surface area contributed by atoms with Gasteiger partial charge in [0.05, 0.1) is 6.61 Å². The summed E-state index contributed by atoms with van der Waals surface area (Å²) in [6, 6.07) is 0. The van der Waals surface area contributed by atoms with E-state index in [0.29, 0.717) is 0 Å². The molecule has 0 aliphatic carbocycles. The predicted octanol–water partition coefficient (Wildman–Crippen LogP) is 1.43. The molecule has 0 spiro atoms. The SMILES string of the molecule is C=CCC(F)(F)C(=[N+]=[N-])C(=O)OCC. The third kappa shape index (κ3) is 3.06. The summed E-state index contributed by atoms with van der Waals surface area (Å²) in [4.78, 5) is 13.1. The van der Waals surface area contributed by atoms with E-state index in [1.54, 1.807) is 0 Å². The maximum Gasteiger partial charge on any atom is 0.444 e. The number of rotatable bonds is 5.